The molecular formula is C10H10N2O3. The number of amides is 1. The van der Waals surface area contributed by atoms with Gasteiger partial charge >= 0.3 is 0 Å². The van der Waals surface area contributed by atoms with Gasteiger partial charge in [-0.2, -0.15) is 5.26 Å². The van der Waals surface area contributed by atoms with E-state index in [0.29, 0.717) is 17.1 Å². The van der Waals surface area contributed by atoms with Crippen molar-refractivity contribution in [1.29, 1.82) is 5.26 Å². The van der Waals surface area contributed by atoms with Crippen LogP contribution in [-0.4, -0.2) is 20.1 Å². The summed E-state index contributed by atoms with van der Waals surface area (Å²) in [5.74, 6) is 0.507. The average molecular weight is 206 g/mol. The monoisotopic (exact) mass is 206 g/mol. The molecule has 0 fully saturated rings. The standard InChI is InChI=1S/C10H10N2O3/c1-14-8-4-3-7(5-9(8)15-2)10(13)12-6-11/h3-5H,1-2H3,(H,12,13). The molecule has 0 saturated carbocycles. The molecule has 0 aromatic heterocycles. The number of nitrogens with one attached hydrogen (secondary N) is 1. The smallest absolute Gasteiger partial charge is 0.264 e. The Labute approximate surface area is 87.2 Å². The highest BCUT2D eigenvalue weighted by atomic mass is 16.5. The third-order valence-corrected chi connectivity index (χ3v) is 1.82. The molecule has 0 bridgehead atoms. The van der Waals surface area contributed by atoms with E-state index in [4.69, 9.17) is 14.7 Å². The minimum Gasteiger partial charge on any atom is -0.493 e. The summed E-state index contributed by atoms with van der Waals surface area (Å²) in [6.45, 7) is 0. The van der Waals surface area contributed by atoms with Gasteiger partial charge in [-0.25, -0.2) is 0 Å². The molecule has 5 heteroatoms. The van der Waals surface area contributed by atoms with Crippen molar-refractivity contribution in [2.24, 2.45) is 0 Å². The molecule has 15 heavy (non-hydrogen) atoms. The average Bonchev–Trinajstić information content (AvgIpc) is 2.28. The lowest BCUT2D eigenvalue weighted by Crippen LogP contribution is -2.17. The van der Waals surface area contributed by atoms with Crippen molar-refractivity contribution in [2.75, 3.05) is 14.2 Å². The third kappa shape index (κ3) is 2.38. The van der Waals surface area contributed by atoms with E-state index in [-0.39, 0.29) is 0 Å². The van der Waals surface area contributed by atoms with E-state index < -0.39 is 5.91 Å². The molecule has 0 heterocycles. The Morgan fingerprint density at radius 2 is 2.00 bits per heavy atom. The zero-order chi connectivity index (χ0) is 11.3. The summed E-state index contributed by atoms with van der Waals surface area (Å²) in [5, 5.41) is 10.3. The molecule has 0 unspecified atom stereocenters. The zero-order valence-electron chi connectivity index (χ0n) is 8.40. The van der Waals surface area contributed by atoms with Crippen molar-refractivity contribution in [3.63, 3.8) is 0 Å². The fourth-order valence-electron chi connectivity index (χ4n) is 1.10. The van der Waals surface area contributed by atoms with Crippen LogP contribution in [0.15, 0.2) is 18.2 Å². The quantitative estimate of drug-likeness (QED) is 0.589. The van der Waals surface area contributed by atoms with E-state index >= 15 is 0 Å². The molecule has 0 saturated heterocycles. The summed E-state index contributed by atoms with van der Waals surface area (Å²) in [6.07, 6.45) is 1.56. The lowest BCUT2D eigenvalue weighted by molar-refractivity contribution is 0.0972. The first-order valence-electron chi connectivity index (χ1n) is 4.14. The highest BCUT2D eigenvalue weighted by Gasteiger charge is 2.09. The first-order chi connectivity index (χ1) is 7.22. The van der Waals surface area contributed by atoms with Crippen LogP contribution in [0.3, 0.4) is 0 Å². The summed E-state index contributed by atoms with van der Waals surface area (Å²) >= 11 is 0. The fourth-order valence-corrected chi connectivity index (χ4v) is 1.10. The number of nitriles is 1. The van der Waals surface area contributed by atoms with E-state index in [1.165, 1.54) is 20.3 Å². The van der Waals surface area contributed by atoms with Crippen LogP contribution in [-0.2, 0) is 0 Å². The number of benzene rings is 1. The van der Waals surface area contributed by atoms with Gasteiger partial charge in [0.2, 0.25) is 0 Å². The summed E-state index contributed by atoms with van der Waals surface area (Å²) in [6, 6.07) is 4.66. The Hall–Kier alpha value is -2.22. The molecule has 1 amide bonds. The number of hydrogen-bond acceptors (Lipinski definition) is 4. The second kappa shape index (κ2) is 4.86. The van der Waals surface area contributed by atoms with Crippen LogP contribution < -0.4 is 14.8 Å². The van der Waals surface area contributed by atoms with Gasteiger partial charge in [0.05, 0.1) is 14.2 Å². The van der Waals surface area contributed by atoms with Crippen LogP contribution in [0.5, 0.6) is 11.5 Å². The highest BCUT2D eigenvalue weighted by Crippen LogP contribution is 2.27. The Morgan fingerprint density at radius 3 is 2.53 bits per heavy atom. The molecule has 1 rings (SSSR count). The Kier molecular flexibility index (Phi) is 3.52. The van der Waals surface area contributed by atoms with Gasteiger partial charge in [-0.15, -0.1) is 0 Å². The fraction of sp³-hybridized carbons (Fsp3) is 0.200. The van der Waals surface area contributed by atoms with Crippen LogP contribution in [0.4, 0.5) is 0 Å². The van der Waals surface area contributed by atoms with Crippen molar-refractivity contribution < 1.29 is 14.3 Å². The molecule has 1 N–H and O–H groups in total. The van der Waals surface area contributed by atoms with E-state index in [1.807, 2.05) is 5.32 Å². The van der Waals surface area contributed by atoms with Gasteiger partial charge in [0.1, 0.15) is 0 Å². The van der Waals surface area contributed by atoms with Crippen LogP contribution in [0.2, 0.25) is 0 Å². The lowest BCUT2D eigenvalue weighted by atomic mass is 10.2. The minimum absolute atomic E-state index is 0.342. The van der Waals surface area contributed by atoms with Gasteiger partial charge in [-0.3, -0.25) is 10.1 Å². The maximum atomic E-state index is 11.3. The first kappa shape index (κ1) is 10.9. The van der Waals surface area contributed by atoms with Gasteiger partial charge < -0.3 is 9.47 Å². The van der Waals surface area contributed by atoms with E-state index in [1.54, 1.807) is 18.3 Å². The maximum Gasteiger partial charge on any atom is 0.264 e. The minimum atomic E-state index is -0.474. The molecule has 0 atom stereocenters. The number of methoxy groups -OCH3 is 2. The zero-order valence-corrected chi connectivity index (χ0v) is 8.40. The van der Waals surface area contributed by atoms with E-state index in [0.717, 1.165) is 0 Å². The van der Waals surface area contributed by atoms with E-state index in [9.17, 15) is 4.79 Å². The summed E-state index contributed by atoms with van der Waals surface area (Å²) in [5.41, 5.74) is 0.342. The second-order valence-corrected chi connectivity index (χ2v) is 2.64. The van der Waals surface area contributed by atoms with Gasteiger partial charge in [-0.05, 0) is 18.2 Å². The van der Waals surface area contributed by atoms with Crippen molar-refractivity contribution in [2.45, 2.75) is 0 Å². The topological polar surface area (TPSA) is 71.3 Å². The largest absolute Gasteiger partial charge is 0.493 e. The molecular weight excluding hydrogens is 196 g/mol. The third-order valence-electron chi connectivity index (χ3n) is 1.82. The van der Waals surface area contributed by atoms with Crippen LogP contribution in [0.25, 0.3) is 0 Å². The number of rotatable bonds is 3. The number of carbonyl (C=O) groups is 1. The SMILES string of the molecule is COc1ccc(C(=O)NC#N)cc1OC. The second-order valence-electron chi connectivity index (χ2n) is 2.64. The van der Waals surface area contributed by atoms with Gasteiger partial charge in [0, 0.05) is 5.56 Å². The number of carbonyl (C=O) groups excluding carboxylic acids is 1. The molecule has 5 nitrogen and oxygen atoms in total. The van der Waals surface area contributed by atoms with Crippen LogP contribution in [0, 0.1) is 11.5 Å². The maximum absolute atomic E-state index is 11.3. The predicted molar refractivity (Wildman–Crippen MR) is 52.6 cm³/mol. The Bertz CT molecular complexity index is 410. The predicted octanol–water partition coefficient (Wildman–Crippen LogP) is 0.915. The van der Waals surface area contributed by atoms with Gasteiger partial charge in [-0.1, -0.05) is 0 Å². The molecule has 1 aromatic rings. The summed E-state index contributed by atoms with van der Waals surface area (Å²) in [7, 11) is 2.98. The lowest BCUT2D eigenvalue weighted by Gasteiger charge is -2.08. The Balaban J connectivity index is 3.03. The number of nitrogens with zero attached hydrogens (tertiary/aromatic N) is 1. The summed E-state index contributed by atoms with van der Waals surface area (Å²) in [4.78, 5) is 11.3. The highest BCUT2D eigenvalue weighted by molar-refractivity contribution is 5.95. The molecule has 78 valence electrons. The van der Waals surface area contributed by atoms with Gasteiger partial charge in [0.15, 0.2) is 17.7 Å². The summed E-state index contributed by atoms with van der Waals surface area (Å²) < 4.78 is 10.0. The Morgan fingerprint density at radius 1 is 1.33 bits per heavy atom. The van der Waals surface area contributed by atoms with Crippen molar-refractivity contribution >= 4 is 5.91 Å². The molecule has 1 aromatic carbocycles. The molecule has 0 radical (unpaired) electrons. The van der Waals surface area contributed by atoms with Gasteiger partial charge in [0.25, 0.3) is 5.91 Å². The van der Waals surface area contributed by atoms with Crippen molar-refractivity contribution in [3.8, 4) is 17.7 Å². The number of ether oxygens (including phenoxy) is 2. The van der Waals surface area contributed by atoms with Crippen molar-refractivity contribution in [3.05, 3.63) is 23.8 Å². The van der Waals surface area contributed by atoms with Crippen LogP contribution in [0.1, 0.15) is 10.4 Å². The molecule has 0 aliphatic carbocycles. The van der Waals surface area contributed by atoms with E-state index in [2.05, 4.69) is 0 Å². The molecule has 0 aliphatic heterocycles. The molecule has 0 spiro atoms. The van der Waals surface area contributed by atoms with Crippen LogP contribution >= 0.6 is 0 Å². The normalized spacial score (nSPS) is 8.87. The first-order valence-corrected chi connectivity index (χ1v) is 4.14. The number of hydrogen-bond donors (Lipinski definition) is 1. The molecule has 0 aliphatic rings. The van der Waals surface area contributed by atoms with Crippen molar-refractivity contribution in [1.82, 2.24) is 5.32 Å².